The zero-order valence-corrected chi connectivity index (χ0v) is 23.6. The molecule has 0 N–H and O–H groups in total. The summed E-state index contributed by atoms with van der Waals surface area (Å²) in [6.45, 7) is 8.33. The number of nitrogens with zero attached hydrogens (tertiary/aromatic N) is 2. The minimum Gasteiger partial charge on any atom is -0.497 e. The summed E-state index contributed by atoms with van der Waals surface area (Å²) in [4.78, 5) is 32.6. The lowest BCUT2D eigenvalue weighted by atomic mass is 9.92. The Bertz CT molecular complexity index is 1530. The molecule has 0 unspecified atom stereocenters. The monoisotopic (exact) mass is 534 g/mol. The molecule has 0 bridgehead atoms. The van der Waals surface area contributed by atoms with Crippen molar-refractivity contribution in [2.75, 3.05) is 20.8 Å². The summed E-state index contributed by atoms with van der Waals surface area (Å²) < 4.78 is 18.4. The van der Waals surface area contributed by atoms with E-state index in [1.54, 1.807) is 37.9 Å². The van der Waals surface area contributed by atoms with Crippen molar-refractivity contribution >= 4 is 23.4 Å². The molecule has 7 nitrogen and oxygen atoms in total. The third-order valence-electron chi connectivity index (χ3n) is 6.54. The molecule has 1 aromatic heterocycles. The maximum Gasteiger partial charge on any atom is 0.338 e. The van der Waals surface area contributed by atoms with Gasteiger partial charge in [-0.15, -0.1) is 0 Å². The maximum atomic E-state index is 13.9. The largest absolute Gasteiger partial charge is 0.497 e. The molecule has 2 aromatic carbocycles. The van der Waals surface area contributed by atoms with Crippen LogP contribution in [0.2, 0.25) is 0 Å². The fraction of sp³-hybridized carbons (Fsp3) is 0.367. The molecule has 0 saturated heterocycles. The van der Waals surface area contributed by atoms with Gasteiger partial charge in [-0.25, -0.2) is 9.79 Å². The van der Waals surface area contributed by atoms with E-state index in [0.29, 0.717) is 44.4 Å². The first-order valence-corrected chi connectivity index (χ1v) is 13.7. The van der Waals surface area contributed by atoms with Gasteiger partial charge >= 0.3 is 5.97 Å². The number of ether oxygens (including phenoxy) is 3. The molecule has 0 saturated carbocycles. The predicted octanol–water partition coefficient (Wildman–Crippen LogP) is 4.72. The van der Waals surface area contributed by atoms with Crippen LogP contribution in [-0.2, 0) is 9.53 Å². The second-order valence-electron chi connectivity index (χ2n) is 9.34. The predicted molar refractivity (Wildman–Crippen MR) is 150 cm³/mol. The number of thiazole rings is 1. The lowest BCUT2D eigenvalue weighted by Crippen LogP contribution is -2.40. The van der Waals surface area contributed by atoms with Gasteiger partial charge in [0.15, 0.2) is 4.80 Å². The molecule has 1 aliphatic rings. The average Bonchev–Trinajstić information content (AvgIpc) is 3.22. The van der Waals surface area contributed by atoms with Crippen LogP contribution in [0.25, 0.3) is 6.08 Å². The smallest absolute Gasteiger partial charge is 0.338 e. The van der Waals surface area contributed by atoms with Crippen LogP contribution < -0.4 is 24.4 Å². The Morgan fingerprint density at radius 3 is 2.45 bits per heavy atom. The lowest BCUT2D eigenvalue weighted by Gasteiger charge is -2.26. The Balaban J connectivity index is 1.97. The summed E-state index contributed by atoms with van der Waals surface area (Å²) in [5, 5.41) is 0. The normalized spacial score (nSPS) is 15.3. The first-order valence-electron chi connectivity index (χ1n) is 12.9. The minimum atomic E-state index is -0.632. The first-order chi connectivity index (χ1) is 18.3. The maximum absolute atomic E-state index is 13.9. The Kier molecular flexibility index (Phi) is 8.52. The molecule has 0 spiro atoms. The number of allylic oxidation sites excluding steroid dienone is 1. The molecule has 1 atom stereocenters. The van der Waals surface area contributed by atoms with Gasteiger partial charge in [0.25, 0.3) is 5.56 Å². The molecule has 3 aromatic rings. The van der Waals surface area contributed by atoms with Crippen molar-refractivity contribution in [2.24, 2.45) is 4.99 Å². The third-order valence-corrected chi connectivity index (χ3v) is 7.52. The molecule has 2 heterocycles. The summed E-state index contributed by atoms with van der Waals surface area (Å²) in [7, 11) is 3.17. The molecule has 0 amide bonds. The van der Waals surface area contributed by atoms with Crippen molar-refractivity contribution in [2.45, 2.75) is 52.5 Å². The number of methoxy groups -OCH3 is 2. The zero-order chi connectivity index (χ0) is 27.4. The van der Waals surface area contributed by atoms with Crippen LogP contribution in [0.1, 0.15) is 69.2 Å². The van der Waals surface area contributed by atoms with E-state index in [-0.39, 0.29) is 12.2 Å². The number of esters is 1. The number of rotatable bonds is 9. The van der Waals surface area contributed by atoms with E-state index in [0.717, 1.165) is 17.5 Å². The highest BCUT2D eigenvalue weighted by molar-refractivity contribution is 7.07. The highest BCUT2D eigenvalue weighted by atomic mass is 32.1. The van der Waals surface area contributed by atoms with E-state index in [2.05, 4.69) is 26.0 Å². The van der Waals surface area contributed by atoms with Gasteiger partial charge in [0.1, 0.15) is 11.5 Å². The Morgan fingerprint density at radius 2 is 1.84 bits per heavy atom. The lowest BCUT2D eigenvalue weighted by molar-refractivity contribution is -0.139. The fourth-order valence-corrected chi connectivity index (χ4v) is 5.59. The molecule has 1 aliphatic heterocycles. The number of fused-ring (bicyclic) bond motifs is 1. The average molecular weight is 535 g/mol. The van der Waals surface area contributed by atoms with Gasteiger partial charge in [-0.3, -0.25) is 9.36 Å². The topological polar surface area (TPSA) is 79.1 Å². The van der Waals surface area contributed by atoms with Crippen molar-refractivity contribution in [3.8, 4) is 11.5 Å². The number of carbonyl (C=O) groups is 1. The van der Waals surface area contributed by atoms with E-state index in [1.807, 2.05) is 31.2 Å². The molecule has 0 aliphatic carbocycles. The van der Waals surface area contributed by atoms with Crippen LogP contribution in [0.5, 0.6) is 11.5 Å². The van der Waals surface area contributed by atoms with Gasteiger partial charge in [0.2, 0.25) is 0 Å². The van der Waals surface area contributed by atoms with E-state index in [4.69, 9.17) is 19.2 Å². The molecule has 0 radical (unpaired) electrons. The molecular weight excluding hydrogens is 500 g/mol. The van der Waals surface area contributed by atoms with Crippen molar-refractivity contribution in [3.63, 3.8) is 0 Å². The summed E-state index contributed by atoms with van der Waals surface area (Å²) in [5.41, 5.74) is 3.64. The Hall–Kier alpha value is -3.65. The van der Waals surface area contributed by atoms with E-state index in [1.165, 1.54) is 16.9 Å². The van der Waals surface area contributed by atoms with Gasteiger partial charge in [-0.1, -0.05) is 62.8 Å². The zero-order valence-electron chi connectivity index (χ0n) is 22.7. The second-order valence-corrected chi connectivity index (χ2v) is 10.4. The number of carbonyl (C=O) groups excluding carboxylic acids is 1. The van der Waals surface area contributed by atoms with Crippen LogP contribution in [0.3, 0.4) is 0 Å². The summed E-state index contributed by atoms with van der Waals surface area (Å²) in [6.07, 6.45) is 3.21. The highest BCUT2D eigenvalue weighted by Crippen LogP contribution is 2.33. The fourth-order valence-electron chi connectivity index (χ4n) is 4.58. The molecule has 4 rings (SSSR count). The minimum absolute atomic E-state index is 0.220. The summed E-state index contributed by atoms with van der Waals surface area (Å²) >= 11 is 1.30. The van der Waals surface area contributed by atoms with Crippen molar-refractivity contribution in [1.29, 1.82) is 0 Å². The third kappa shape index (κ3) is 5.31. The Labute approximate surface area is 226 Å². The summed E-state index contributed by atoms with van der Waals surface area (Å²) in [6, 6.07) is 12.9. The Morgan fingerprint density at radius 1 is 1.11 bits per heavy atom. The van der Waals surface area contributed by atoms with E-state index >= 15 is 0 Å². The van der Waals surface area contributed by atoms with Crippen molar-refractivity contribution in [1.82, 2.24) is 4.57 Å². The number of hydrogen-bond acceptors (Lipinski definition) is 7. The molecule has 200 valence electrons. The van der Waals surface area contributed by atoms with Crippen molar-refractivity contribution in [3.05, 3.63) is 90.1 Å². The first kappa shape index (κ1) is 27.4. The van der Waals surface area contributed by atoms with Crippen LogP contribution in [-0.4, -0.2) is 31.4 Å². The summed E-state index contributed by atoms with van der Waals surface area (Å²) in [5.74, 6) is 1.17. The quantitative estimate of drug-likeness (QED) is 0.371. The highest BCUT2D eigenvalue weighted by Gasteiger charge is 2.34. The van der Waals surface area contributed by atoms with Crippen LogP contribution in [0.4, 0.5) is 0 Å². The van der Waals surface area contributed by atoms with E-state index in [9.17, 15) is 9.59 Å². The molecule has 8 heteroatoms. The van der Waals surface area contributed by atoms with Crippen LogP contribution in [0.15, 0.2) is 63.5 Å². The van der Waals surface area contributed by atoms with Gasteiger partial charge < -0.3 is 14.2 Å². The number of hydrogen-bond donors (Lipinski definition) is 0. The van der Waals surface area contributed by atoms with E-state index < -0.39 is 12.0 Å². The molecular formula is C30H34N2O5S. The standard InChI is InChI=1S/C30H34N2O5S/c1-7-9-23-26(29(34)37-8-2)27(20-12-10-19(11-13-20)18(3)4)32-28(33)25(38-30(32)31-23)16-21-14-15-22(35-5)17-24(21)36-6/h10-18,27H,7-9H2,1-6H3/b25-16-/t27-/m1/s1. The van der Waals surface area contributed by atoms with Gasteiger partial charge in [0, 0.05) is 11.6 Å². The molecule has 38 heavy (non-hydrogen) atoms. The van der Waals surface area contributed by atoms with Gasteiger partial charge in [-0.05, 0) is 48.6 Å². The second kappa shape index (κ2) is 11.8. The number of benzene rings is 2. The van der Waals surface area contributed by atoms with Gasteiger partial charge in [-0.2, -0.15) is 0 Å². The molecule has 0 fully saturated rings. The SMILES string of the molecule is CCCC1=C(C(=O)OCC)[C@@H](c2ccc(C(C)C)cc2)n2c(s/c(=C\c3ccc(OC)cc3OC)c2=O)=N1. The number of aromatic nitrogens is 1. The van der Waals surface area contributed by atoms with Gasteiger partial charge in [0.05, 0.1) is 42.7 Å². The van der Waals surface area contributed by atoms with Crippen LogP contribution in [0, 0.1) is 0 Å². The van der Waals surface area contributed by atoms with Crippen molar-refractivity contribution < 1.29 is 19.0 Å². The van der Waals surface area contributed by atoms with Crippen LogP contribution >= 0.6 is 11.3 Å².